The number of aryl methyl sites for hydroxylation is 2. The van der Waals surface area contributed by atoms with Gasteiger partial charge >= 0.3 is 0 Å². The Labute approximate surface area is 202 Å². The van der Waals surface area contributed by atoms with Gasteiger partial charge in [0.2, 0.25) is 0 Å². The number of amides is 1. The van der Waals surface area contributed by atoms with Crippen LogP contribution in [0.5, 0.6) is 5.75 Å². The number of anilines is 1. The van der Waals surface area contributed by atoms with E-state index in [2.05, 4.69) is 10.4 Å². The van der Waals surface area contributed by atoms with E-state index in [0.717, 1.165) is 28.0 Å². The largest absolute Gasteiger partial charge is 0.488 e. The average Bonchev–Trinajstić information content (AvgIpc) is 3.14. The van der Waals surface area contributed by atoms with Crippen LogP contribution in [0.1, 0.15) is 32.6 Å². The molecule has 0 saturated carbocycles. The number of benzene rings is 3. The summed E-state index contributed by atoms with van der Waals surface area (Å²) in [6.07, 6.45) is 1.66. The van der Waals surface area contributed by atoms with Gasteiger partial charge < -0.3 is 10.1 Å². The van der Waals surface area contributed by atoms with E-state index in [1.54, 1.807) is 23.0 Å². The molecule has 4 rings (SSSR count). The van der Waals surface area contributed by atoms with Crippen LogP contribution in [0, 0.1) is 13.8 Å². The summed E-state index contributed by atoms with van der Waals surface area (Å²) in [7, 11) is 0. The maximum absolute atomic E-state index is 12.7. The van der Waals surface area contributed by atoms with E-state index in [4.69, 9.17) is 27.9 Å². The van der Waals surface area contributed by atoms with Gasteiger partial charge in [0.15, 0.2) is 5.82 Å². The molecule has 0 aliphatic heterocycles. The van der Waals surface area contributed by atoms with Gasteiger partial charge in [-0.05, 0) is 54.3 Å². The highest BCUT2D eigenvalue weighted by molar-refractivity contribution is 6.33. The first-order chi connectivity index (χ1) is 15.9. The highest BCUT2D eigenvalue weighted by Crippen LogP contribution is 2.24. The Hall–Kier alpha value is -3.28. The van der Waals surface area contributed by atoms with Crippen molar-refractivity contribution in [3.63, 3.8) is 0 Å². The van der Waals surface area contributed by atoms with Crippen LogP contribution in [0.3, 0.4) is 0 Å². The molecule has 1 aromatic heterocycles. The van der Waals surface area contributed by atoms with Crippen molar-refractivity contribution in [2.24, 2.45) is 0 Å². The van der Waals surface area contributed by atoms with Crippen molar-refractivity contribution in [2.75, 3.05) is 5.32 Å². The smallest absolute Gasteiger partial charge is 0.256 e. The number of hydrogen-bond acceptors (Lipinski definition) is 3. The zero-order chi connectivity index (χ0) is 23.4. The zero-order valence-corrected chi connectivity index (χ0v) is 19.8. The van der Waals surface area contributed by atoms with Crippen LogP contribution in [0.4, 0.5) is 5.82 Å². The summed E-state index contributed by atoms with van der Waals surface area (Å²) in [5, 5.41) is 8.16. The van der Waals surface area contributed by atoms with Crippen LogP contribution < -0.4 is 10.1 Å². The van der Waals surface area contributed by atoms with Crippen LogP contribution >= 0.6 is 23.2 Å². The minimum absolute atomic E-state index is 0.290. The molecule has 7 heteroatoms. The molecule has 0 spiro atoms. The topological polar surface area (TPSA) is 56.1 Å². The van der Waals surface area contributed by atoms with E-state index in [1.165, 1.54) is 0 Å². The molecule has 0 radical (unpaired) electrons. The van der Waals surface area contributed by atoms with Gasteiger partial charge in [-0.25, -0.2) is 0 Å². The average molecular weight is 480 g/mol. The van der Waals surface area contributed by atoms with Gasteiger partial charge in [0.25, 0.3) is 5.91 Å². The first-order valence-electron chi connectivity index (χ1n) is 10.5. The normalized spacial score (nSPS) is 10.8. The monoisotopic (exact) mass is 479 g/mol. The summed E-state index contributed by atoms with van der Waals surface area (Å²) >= 11 is 12.5. The second kappa shape index (κ2) is 10.1. The zero-order valence-electron chi connectivity index (χ0n) is 18.3. The lowest BCUT2D eigenvalue weighted by Gasteiger charge is -2.12. The standard InChI is InChI=1S/C26H23Cl2N3O2/c1-17-6-5-7-18(2)24(17)33-16-19-10-12-20(13-11-19)26(32)29-25-23(28)15-31(30-25)14-21-8-3-4-9-22(21)27/h3-13,15H,14,16H2,1-2H3,(H,29,30,32). The molecule has 0 bridgehead atoms. The van der Waals surface area contributed by atoms with Crippen molar-refractivity contribution in [1.29, 1.82) is 0 Å². The van der Waals surface area contributed by atoms with E-state index >= 15 is 0 Å². The lowest BCUT2D eigenvalue weighted by molar-refractivity contribution is 0.102. The van der Waals surface area contributed by atoms with Gasteiger partial charge in [-0.15, -0.1) is 0 Å². The van der Waals surface area contributed by atoms with Gasteiger partial charge in [0, 0.05) is 16.8 Å². The number of rotatable bonds is 7. The molecule has 0 fully saturated rings. The fraction of sp³-hybridized carbons (Fsp3) is 0.154. The highest BCUT2D eigenvalue weighted by Gasteiger charge is 2.13. The van der Waals surface area contributed by atoms with E-state index in [9.17, 15) is 4.79 Å². The predicted molar refractivity (Wildman–Crippen MR) is 132 cm³/mol. The van der Waals surface area contributed by atoms with Crippen LogP contribution in [0.15, 0.2) is 72.9 Å². The van der Waals surface area contributed by atoms with Crippen molar-refractivity contribution in [2.45, 2.75) is 27.0 Å². The van der Waals surface area contributed by atoms with E-state index in [-0.39, 0.29) is 5.91 Å². The Balaban J connectivity index is 1.39. The van der Waals surface area contributed by atoms with Crippen molar-refractivity contribution >= 4 is 34.9 Å². The number of halogens is 2. The molecule has 0 saturated heterocycles. The molecule has 0 unspecified atom stereocenters. The fourth-order valence-electron chi connectivity index (χ4n) is 3.48. The van der Waals surface area contributed by atoms with E-state index < -0.39 is 0 Å². The van der Waals surface area contributed by atoms with E-state index in [0.29, 0.717) is 34.6 Å². The third-order valence-corrected chi connectivity index (χ3v) is 5.89. The van der Waals surface area contributed by atoms with E-state index in [1.807, 2.05) is 68.4 Å². The van der Waals surface area contributed by atoms with Crippen LogP contribution in [0.25, 0.3) is 0 Å². The summed E-state index contributed by atoms with van der Waals surface area (Å²) in [5.74, 6) is 0.902. The molecule has 1 N–H and O–H groups in total. The molecule has 4 aromatic rings. The van der Waals surface area contributed by atoms with Gasteiger partial charge in [-0.2, -0.15) is 5.10 Å². The number of carbonyl (C=O) groups is 1. The molecule has 0 aliphatic rings. The SMILES string of the molecule is Cc1cccc(C)c1OCc1ccc(C(=O)Nc2nn(Cc3ccccc3Cl)cc2Cl)cc1. The molecule has 0 aliphatic carbocycles. The quantitative estimate of drug-likeness (QED) is 0.321. The Morgan fingerprint density at radius 1 is 0.939 bits per heavy atom. The van der Waals surface area contributed by atoms with Crippen LogP contribution in [0.2, 0.25) is 10.0 Å². The van der Waals surface area contributed by atoms with Crippen molar-refractivity contribution < 1.29 is 9.53 Å². The molecule has 5 nitrogen and oxygen atoms in total. The van der Waals surface area contributed by atoms with Crippen LogP contribution in [-0.4, -0.2) is 15.7 Å². The Morgan fingerprint density at radius 2 is 1.64 bits per heavy atom. The molecule has 3 aromatic carbocycles. The van der Waals surface area contributed by atoms with Gasteiger partial charge in [0.1, 0.15) is 17.4 Å². The summed E-state index contributed by atoms with van der Waals surface area (Å²) in [5.41, 5.74) is 4.57. The van der Waals surface area contributed by atoms with Crippen molar-refractivity contribution in [1.82, 2.24) is 9.78 Å². The fourth-order valence-corrected chi connectivity index (χ4v) is 3.87. The summed E-state index contributed by atoms with van der Waals surface area (Å²) in [6.45, 7) is 4.92. The minimum Gasteiger partial charge on any atom is -0.488 e. The lowest BCUT2D eigenvalue weighted by atomic mass is 10.1. The first-order valence-corrected chi connectivity index (χ1v) is 11.2. The maximum atomic E-state index is 12.7. The van der Waals surface area contributed by atoms with Gasteiger partial charge in [-0.3, -0.25) is 9.48 Å². The molecule has 33 heavy (non-hydrogen) atoms. The highest BCUT2D eigenvalue weighted by atomic mass is 35.5. The third kappa shape index (κ3) is 5.56. The number of carbonyl (C=O) groups excluding carboxylic acids is 1. The number of hydrogen-bond donors (Lipinski definition) is 1. The van der Waals surface area contributed by atoms with Crippen LogP contribution in [-0.2, 0) is 13.2 Å². The van der Waals surface area contributed by atoms with Crippen molar-refractivity contribution in [3.05, 3.63) is 111 Å². The number of aromatic nitrogens is 2. The predicted octanol–water partition coefficient (Wildman–Crippen LogP) is 6.69. The number of nitrogens with one attached hydrogen (secondary N) is 1. The number of ether oxygens (including phenoxy) is 1. The van der Waals surface area contributed by atoms with Gasteiger partial charge in [-0.1, -0.05) is 71.7 Å². The molecule has 0 atom stereocenters. The molecule has 168 valence electrons. The second-order valence-corrected chi connectivity index (χ2v) is 8.59. The summed E-state index contributed by atoms with van der Waals surface area (Å²) in [6, 6.07) is 20.8. The molecule has 1 heterocycles. The summed E-state index contributed by atoms with van der Waals surface area (Å²) < 4.78 is 7.63. The minimum atomic E-state index is -0.290. The number of para-hydroxylation sites is 1. The van der Waals surface area contributed by atoms with Crippen molar-refractivity contribution in [3.8, 4) is 5.75 Å². The maximum Gasteiger partial charge on any atom is 0.256 e. The third-order valence-electron chi connectivity index (χ3n) is 5.25. The second-order valence-electron chi connectivity index (χ2n) is 7.78. The summed E-state index contributed by atoms with van der Waals surface area (Å²) in [4.78, 5) is 12.7. The lowest BCUT2D eigenvalue weighted by Crippen LogP contribution is -2.13. The van der Waals surface area contributed by atoms with Gasteiger partial charge in [0.05, 0.1) is 6.54 Å². The Morgan fingerprint density at radius 3 is 2.33 bits per heavy atom. The Bertz CT molecular complexity index is 1260. The Kier molecular flexibility index (Phi) is 7.02. The number of nitrogens with zero attached hydrogens (tertiary/aromatic N) is 2. The molecular formula is C26H23Cl2N3O2. The molecule has 1 amide bonds. The first kappa shape index (κ1) is 22.9. The molecular weight excluding hydrogens is 457 g/mol.